The number of nitrogens with zero attached hydrogens (tertiary/aromatic N) is 2. The summed E-state index contributed by atoms with van der Waals surface area (Å²) in [6.07, 6.45) is 0. The van der Waals surface area contributed by atoms with Gasteiger partial charge in [0, 0.05) is 17.7 Å². The molecule has 0 spiro atoms. The second kappa shape index (κ2) is 10.4. The molecule has 0 saturated carbocycles. The highest BCUT2D eigenvalue weighted by Gasteiger charge is 2.17. The Morgan fingerprint density at radius 1 is 1.13 bits per heavy atom. The summed E-state index contributed by atoms with van der Waals surface area (Å²) in [6, 6.07) is 20.4. The van der Waals surface area contributed by atoms with Gasteiger partial charge in [-0.1, -0.05) is 54.2 Å². The number of rotatable bonds is 8. The number of methoxy groups -OCH3 is 1. The molecule has 3 aromatic rings. The van der Waals surface area contributed by atoms with Gasteiger partial charge >= 0.3 is 0 Å². The average molecular weight is 432 g/mol. The van der Waals surface area contributed by atoms with Crippen molar-refractivity contribution in [2.75, 3.05) is 12.9 Å². The number of thioether (sulfide) groups is 1. The molecule has 0 aliphatic heterocycles. The quantitative estimate of drug-likeness (QED) is 0.424. The van der Waals surface area contributed by atoms with Gasteiger partial charge < -0.3 is 10.1 Å². The zero-order chi connectivity index (χ0) is 22.2. The van der Waals surface area contributed by atoms with E-state index in [1.165, 1.54) is 18.7 Å². The standard InChI is InChI=1S/C24H21N3O3S/c1-16(28)21-12-19(13-25)24(27-23(21)18-6-4-3-5-7-18)31-15-22(29)26-14-17-8-10-20(30-2)11-9-17/h3-12H,14-15H2,1-2H3,(H,26,29). The minimum atomic E-state index is -0.177. The molecule has 31 heavy (non-hydrogen) atoms. The van der Waals surface area contributed by atoms with Crippen LogP contribution in [0, 0.1) is 11.3 Å². The number of carbonyl (C=O) groups is 2. The topological polar surface area (TPSA) is 92.1 Å². The number of Topliss-reactive ketones (excluding diaryl/α,β-unsaturated/α-hetero) is 1. The fourth-order valence-corrected chi connectivity index (χ4v) is 3.69. The van der Waals surface area contributed by atoms with Crippen LogP contribution >= 0.6 is 11.8 Å². The molecule has 2 aromatic carbocycles. The van der Waals surface area contributed by atoms with Gasteiger partial charge in [-0.3, -0.25) is 9.59 Å². The van der Waals surface area contributed by atoms with Crippen molar-refractivity contribution in [3.05, 3.63) is 77.4 Å². The molecule has 0 fully saturated rings. The lowest BCUT2D eigenvalue weighted by Crippen LogP contribution is -2.24. The van der Waals surface area contributed by atoms with E-state index >= 15 is 0 Å². The van der Waals surface area contributed by atoms with Gasteiger partial charge in [-0.25, -0.2) is 4.98 Å². The molecule has 0 radical (unpaired) electrons. The van der Waals surface area contributed by atoms with Crippen molar-refractivity contribution in [1.82, 2.24) is 10.3 Å². The first-order valence-electron chi connectivity index (χ1n) is 9.55. The lowest BCUT2D eigenvalue weighted by Gasteiger charge is -2.11. The van der Waals surface area contributed by atoms with Crippen LogP contribution in [0.25, 0.3) is 11.3 Å². The number of aromatic nitrogens is 1. The first-order chi connectivity index (χ1) is 15.0. The predicted molar refractivity (Wildman–Crippen MR) is 120 cm³/mol. The Kier molecular flexibility index (Phi) is 7.41. The van der Waals surface area contributed by atoms with E-state index in [0.717, 1.165) is 16.9 Å². The van der Waals surface area contributed by atoms with Crippen LogP contribution in [-0.4, -0.2) is 29.5 Å². The molecule has 3 rings (SSSR count). The van der Waals surface area contributed by atoms with Gasteiger partial charge in [-0.15, -0.1) is 0 Å². The third-order valence-electron chi connectivity index (χ3n) is 4.52. The Labute approximate surface area is 185 Å². The zero-order valence-corrected chi connectivity index (χ0v) is 18.0. The summed E-state index contributed by atoms with van der Waals surface area (Å²) in [5.41, 5.74) is 2.90. The van der Waals surface area contributed by atoms with E-state index in [2.05, 4.69) is 16.4 Å². The molecule has 0 saturated heterocycles. The summed E-state index contributed by atoms with van der Waals surface area (Å²) in [7, 11) is 1.60. The fraction of sp³-hybridized carbons (Fsp3) is 0.167. The molecule has 0 bridgehead atoms. The van der Waals surface area contributed by atoms with E-state index in [9.17, 15) is 14.9 Å². The van der Waals surface area contributed by atoms with E-state index in [1.807, 2.05) is 54.6 Å². The van der Waals surface area contributed by atoms with Crippen LogP contribution in [-0.2, 0) is 11.3 Å². The number of carbonyl (C=O) groups excluding carboxylic acids is 2. The van der Waals surface area contributed by atoms with Crippen molar-refractivity contribution in [1.29, 1.82) is 5.26 Å². The molecule has 0 aliphatic carbocycles. The molecule has 1 N–H and O–H groups in total. The highest BCUT2D eigenvalue weighted by atomic mass is 32.2. The van der Waals surface area contributed by atoms with E-state index in [0.29, 0.717) is 22.8 Å². The number of benzene rings is 2. The minimum Gasteiger partial charge on any atom is -0.497 e. The largest absolute Gasteiger partial charge is 0.497 e. The Hall–Kier alpha value is -3.63. The predicted octanol–water partition coefficient (Wildman–Crippen LogP) is 4.24. The van der Waals surface area contributed by atoms with Crippen LogP contribution in [0.1, 0.15) is 28.4 Å². The van der Waals surface area contributed by atoms with Crippen LogP contribution in [0.5, 0.6) is 5.75 Å². The van der Waals surface area contributed by atoms with E-state index in [4.69, 9.17) is 4.74 Å². The normalized spacial score (nSPS) is 10.2. The highest BCUT2D eigenvalue weighted by molar-refractivity contribution is 8.00. The third-order valence-corrected chi connectivity index (χ3v) is 5.51. The summed E-state index contributed by atoms with van der Waals surface area (Å²) in [5, 5.41) is 12.8. The Morgan fingerprint density at radius 3 is 2.45 bits per heavy atom. The summed E-state index contributed by atoms with van der Waals surface area (Å²) < 4.78 is 5.12. The Balaban J connectivity index is 1.73. The molecule has 156 valence electrons. The summed E-state index contributed by atoms with van der Waals surface area (Å²) >= 11 is 1.17. The number of nitriles is 1. The van der Waals surface area contributed by atoms with Crippen molar-refractivity contribution in [2.45, 2.75) is 18.5 Å². The van der Waals surface area contributed by atoms with Gasteiger partial charge in [0.15, 0.2) is 5.78 Å². The number of amides is 1. The van der Waals surface area contributed by atoms with Crippen LogP contribution in [0.2, 0.25) is 0 Å². The smallest absolute Gasteiger partial charge is 0.230 e. The maximum absolute atomic E-state index is 12.3. The number of nitrogens with one attached hydrogen (secondary N) is 1. The van der Waals surface area contributed by atoms with Crippen molar-refractivity contribution in [2.24, 2.45) is 0 Å². The minimum absolute atomic E-state index is 0.103. The molecule has 1 heterocycles. The van der Waals surface area contributed by atoms with E-state index < -0.39 is 0 Å². The monoisotopic (exact) mass is 431 g/mol. The highest BCUT2D eigenvalue weighted by Crippen LogP contribution is 2.29. The maximum Gasteiger partial charge on any atom is 0.230 e. The first-order valence-corrected chi connectivity index (χ1v) is 10.5. The van der Waals surface area contributed by atoms with Gasteiger partial charge in [0.05, 0.1) is 24.1 Å². The third kappa shape index (κ3) is 5.71. The molecular weight excluding hydrogens is 410 g/mol. The van der Waals surface area contributed by atoms with Crippen LogP contribution in [0.15, 0.2) is 65.7 Å². The Bertz CT molecular complexity index is 1120. The van der Waals surface area contributed by atoms with E-state index in [-0.39, 0.29) is 23.0 Å². The van der Waals surface area contributed by atoms with Crippen molar-refractivity contribution in [3.8, 4) is 23.1 Å². The van der Waals surface area contributed by atoms with Gasteiger partial charge in [-0.05, 0) is 30.7 Å². The van der Waals surface area contributed by atoms with Gasteiger partial charge in [0.1, 0.15) is 16.8 Å². The molecule has 0 unspecified atom stereocenters. The lowest BCUT2D eigenvalue weighted by molar-refractivity contribution is -0.118. The zero-order valence-electron chi connectivity index (χ0n) is 17.2. The van der Waals surface area contributed by atoms with E-state index in [1.54, 1.807) is 13.2 Å². The average Bonchev–Trinajstić information content (AvgIpc) is 2.81. The number of ether oxygens (including phenoxy) is 1. The van der Waals surface area contributed by atoms with Crippen LogP contribution < -0.4 is 10.1 Å². The maximum atomic E-state index is 12.3. The molecular formula is C24H21N3O3S. The van der Waals surface area contributed by atoms with Crippen molar-refractivity contribution in [3.63, 3.8) is 0 Å². The number of ketones is 1. The van der Waals surface area contributed by atoms with Gasteiger partial charge in [-0.2, -0.15) is 5.26 Å². The summed E-state index contributed by atoms with van der Waals surface area (Å²) in [5.74, 6) is 0.509. The molecule has 1 amide bonds. The molecule has 1 aromatic heterocycles. The Morgan fingerprint density at radius 2 is 1.84 bits per heavy atom. The van der Waals surface area contributed by atoms with Crippen LogP contribution in [0.3, 0.4) is 0 Å². The van der Waals surface area contributed by atoms with Crippen molar-refractivity contribution >= 4 is 23.5 Å². The SMILES string of the molecule is COc1ccc(CNC(=O)CSc2nc(-c3ccccc3)c(C(C)=O)cc2C#N)cc1. The van der Waals surface area contributed by atoms with Gasteiger partial charge in [0.2, 0.25) is 5.91 Å². The number of hydrogen-bond donors (Lipinski definition) is 1. The second-order valence-electron chi connectivity index (χ2n) is 6.68. The van der Waals surface area contributed by atoms with Crippen molar-refractivity contribution < 1.29 is 14.3 Å². The van der Waals surface area contributed by atoms with Crippen LogP contribution in [0.4, 0.5) is 0 Å². The number of hydrogen-bond acceptors (Lipinski definition) is 6. The fourth-order valence-electron chi connectivity index (χ4n) is 2.90. The molecule has 6 nitrogen and oxygen atoms in total. The number of pyridine rings is 1. The summed E-state index contributed by atoms with van der Waals surface area (Å²) in [4.78, 5) is 29.0. The molecule has 0 atom stereocenters. The molecule has 0 aliphatic rings. The van der Waals surface area contributed by atoms with Gasteiger partial charge in [0.25, 0.3) is 0 Å². The lowest BCUT2D eigenvalue weighted by atomic mass is 10.0. The first kappa shape index (κ1) is 22.1. The second-order valence-corrected chi connectivity index (χ2v) is 7.65. The summed E-state index contributed by atoms with van der Waals surface area (Å²) in [6.45, 7) is 1.84. The molecule has 7 heteroatoms.